The maximum atomic E-state index is 5.41. The summed E-state index contributed by atoms with van der Waals surface area (Å²) >= 11 is 0. The molecule has 0 atom stereocenters. The van der Waals surface area contributed by atoms with Gasteiger partial charge in [0.15, 0.2) is 0 Å². The molecule has 0 saturated heterocycles. The molecule has 13 heavy (non-hydrogen) atoms. The highest BCUT2D eigenvalue weighted by Crippen LogP contribution is 2.28. The molecule has 0 spiro atoms. The van der Waals surface area contributed by atoms with Gasteiger partial charge in [0.2, 0.25) is 0 Å². The van der Waals surface area contributed by atoms with E-state index in [9.17, 15) is 0 Å². The Morgan fingerprint density at radius 2 is 2.08 bits per heavy atom. The SMILES string of the molecule is CCc1cnc(OCC2CC2)nc1. The first kappa shape index (κ1) is 8.48. The van der Waals surface area contributed by atoms with Gasteiger partial charge in [-0.15, -0.1) is 0 Å². The number of aryl methyl sites for hydroxylation is 1. The van der Waals surface area contributed by atoms with Crippen molar-refractivity contribution in [3.05, 3.63) is 18.0 Å². The van der Waals surface area contributed by atoms with E-state index < -0.39 is 0 Å². The summed E-state index contributed by atoms with van der Waals surface area (Å²) in [6.45, 7) is 2.87. The molecule has 1 saturated carbocycles. The molecule has 0 N–H and O–H groups in total. The van der Waals surface area contributed by atoms with E-state index in [0.29, 0.717) is 6.01 Å². The number of ether oxygens (including phenoxy) is 1. The molecule has 2 rings (SSSR count). The predicted molar refractivity (Wildman–Crippen MR) is 49.6 cm³/mol. The van der Waals surface area contributed by atoms with Gasteiger partial charge in [0.25, 0.3) is 0 Å². The minimum absolute atomic E-state index is 0.518. The quantitative estimate of drug-likeness (QED) is 0.705. The van der Waals surface area contributed by atoms with E-state index in [1.807, 2.05) is 12.4 Å². The van der Waals surface area contributed by atoms with Gasteiger partial charge in [0.05, 0.1) is 6.61 Å². The first-order chi connectivity index (χ1) is 6.38. The van der Waals surface area contributed by atoms with Crippen LogP contribution in [0, 0.1) is 5.92 Å². The normalized spacial score (nSPS) is 15.8. The lowest BCUT2D eigenvalue weighted by Crippen LogP contribution is -2.02. The van der Waals surface area contributed by atoms with Gasteiger partial charge < -0.3 is 4.74 Å². The minimum Gasteiger partial charge on any atom is -0.463 e. The summed E-state index contributed by atoms with van der Waals surface area (Å²) in [7, 11) is 0. The van der Waals surface area contributed by atoms with E-state index >= 15 is 0 Å². The Kier molecular flexibility index (Phi) is 2.43. The molecule has 1 aliphatic carbocycles. The van der Waals surface area contributed by atoms with Crippen LogP contribution >= 0.6 is 0 Å². The van der Waals surface area contributed by atoms with Crippen molar-refractivity contribution in [2.24, 2.45) is 5.92 Å². The summed E-state index contributed by atoms with van der Waals surface area (Å²) in [4.78, 5) is 8.23. The second kappa shape index (κ2) is 3.73. The maximum absolute atomic E-state index is 5.41. The molecule has 0 amide bonds. The van der Waals surface area contributed by atoms with Crippen LogP contribution in [0.25, 0.3) is 0 Å². The highest BCUT2D eigenvalue weighted by molar-refractivity contribution is 5.06. The van der Waals surface area contributed by atoms with Gasteiger partial charge in [-0.1, -0.05) is 6.92 Å². The molecule has 3 nitrogen and oxygen atoms in total. The van der Waals surface area contributed by atoms with Gasteiger partial charge in [-0.25, -0.2) is 9.97 Å². The molecule has 3 heteroatoms. The molecule has 0 aliphatic heterocycles. The van der Waals surface area contributed by atoms with Crippen LogP contribution in [-0.4, -0.2) is 16.6 Å². The molecular formula is C10H14N2O. The molecular weight excluding hydrogens is 164 g/mol. The fraction of sp³-hybridized carbons (Fsp3) is 0.600. The van der Waals surface area contributed by atoms with Gasteiger partial charge >= 0.3 is 6.01 Å². The lowest BCUT2D eigenvalue weighted by Gasteiger charge is -2.02. The Balaban J connectivity index is 1.88. The zero-order valence-corrected chi connectivity index (χ0v) is 7.86. The summed E-state index contributed by atoms with van der Waals surface area (Å²) < 4.78 is 5.41. The zero-order valence-electron chi connectivity index (χ0n) is 7.86. The standard InChI is InChI=1S/C10H14N2O/c1-2-8-5-11-10(12-6-8)13-7-9-3-4-9/h5-6,9H,2-4,7H2,1H3. The van der Waals surface area contributed by atoms with Crippen LogP contribution in [0.4, 0.5) is 0 Å². The third kappa shape index (κ3) is 2.41. The lowest BCUT2D eigenvalue weighted by molar-refractivity contribution is 0.276. The van der Waals surface area contributed by atoms with E-state index in [2.05, 4.69) is 16.9 Å². The monoisotopic (exact) mass is 178 g/mol. The van der Waals surface area contributed by atoms with Gasteiger partial charge in [-0.3, -0.25) is 0 Å². The Labute approximate surface area is 78.2 Å². The summed E-state index contributed by atoms with van der Waals surface area (Å²) in [6.07, 6.45) is 7.23. The average Bonchev–Trinajstić information content (AvgIpc) is 2.99. The van der Waals surface area contributed by atoms with E-state index in [4.69, 9.17) is 4.74 Å². The van der Waals surface area contributed by atoms with E-state index in [-0.39, 0.29) is 0 Å². The minimum atomic E-state index is 0.518. The van der Waals surface area contributed by atoms with Crippen molar-refractivity contribution in [3.8, 4) is 6.01 Å². The van der Waals surface area contributed by atoms with Gasteiger partial charge in [0, 0.05) is 12.4 Å². The lowest BCUT2D eigenvalue weighted by atomic mass is 10.3. The molecule has 0 radical (unpaired) electrons. The highest BCUT2D eigenvalue weighted by atomic mass is 16.5. The molecule has 1 fully saturated rings. The van der Waals surface area contributed by atoms with Crippen molar-refractivity contribution in [1.82, 2.24) is 9.97 Å². The second-order valence-corrected chi connectivity index (χ2v) is 3.48. The molecule has 1 aromatic heterocycles. The molecule has 70 valence electrons. The van der Waals surface area contributed by atoms with Crippen LogP contribution in [0.2, 0.25) is 0 Å². The largest absolute Gasteiger partial charge is 0.463 e. The fourth-order valence-electron chi connectivity index (χ4n) is 1.08. The molecule has 0 unspecified atom stereocenters. The van der Waals surface area contributed by atoms with Crippen LogP contribution < -0.4 is 4.74 Å². The average molecular weight is 178 g/mol. The van der Waals surface area contributed by atoms with Crippen molar-refractivity contribution in [3.63, 3.8) is 0 Å². The Bertz CT molecular complexity index is 267. The number of aromatic nitrogens is 2. The van der Waals surface area contributed by atoms with Crippen molar-refractivity contribution in [2.75, 3.05) is 6.61 Å². The summed E-state index contributed by atoms with van der Waals surface area (Å²) in [6, 6.07) is 0.518. The van der Waals surface area contributed by atoms with Gasteiger partial charge in [0.1, 0.15) is 0 Å². The van der Waals surface area contributed by atoms with Gasteiger partial charge in [-0.05, 0) is 30.7 Å². The third-order valence-electron chi connectivity index (χ3n) is 2.23. The van der Waals surface area contributed by atoms with Crippen LogP contribution in [-0.2, 0) is 6.42 Å². The smallest absolute Gasteiger partial charge is 0.316 e. The predicted octanol–water partition coefficient (Wildman–Crippen LogP) is 1.83. The molecule has 1 aromatic rings. The first-order valence-corrected chi connectivity index (χ1v) is 4.82. The second-order valence-electron chi connectivity index (χ2n) is 3.48. The maximum Gasteiger partial charge on any atom is 0.316 e. The summed E-state index contributed by atoms with van der Waals surface area (Å²) in [5.74, 6) is 0.759. The number of hydrogen-bond donors (Lipinski definition) is 0. The number of rotatable bonds is 4. The third-order valence-corrected chi connectivity index (χ3v) is 2.23. The Morgan fingerprint density at radius 1 is 1.38 bits per heavy atom. The number of nitrogens with zero attached hydrogens (tertiary/aromatic N) is 2. The molecule has 1 aliphatic rings. The first-order valence-electron chi connectivity index (χ1n) is 4.82. The van der Waals surface area contributed by atoms with Crippen LogP contribution in [0.5, 0.6) is 6.01 Å². The molecule has 0 aromatic carbocycles. The molecule has 0 bridgehead atoms. The van der Waals surface area contributed by atoms with Crippen LogP contribution in [0.3, 0.4) is 0 Å². The zero-order chi connectivity index (χ0) is 9.10. The highest BCUT2D eigenvalue weighted by Gasteiger charge is 2.22. The topological polar surface area (TPSA) is 35.0 Å². The Morgan fingerprint density at radius 3 is 2.62 bits per heavy atom. The van der Waals surface area contributed by atoms with Gasteiger partial charge in [-0.2, -0.15) is 0 Å². The van der Waals surface area contributed by atoms with E-state index in [0.717, 1.165) is 24.5 Å². The molecule has 1 heterocycles. The Hall–Kier alpha value is -1.12. The van der Waals surface area contributed by atoms with Crippen molar-refractivity contribution in [2.45, 2.75) is 26.2 Å². The fourth-order valence-corrected chi connectivity index (χ4v) is 1.08. The van der Waals surface area contributed by atoms with E-state index in [1.54, 1.807) is 0 Å². The van der Waals surface area contributed by atoms with Crippen LogP contribution in [0.15, 0.2) is 12.4 Å². The van der Waals surface area contributed by atoms with Crippen molar-refractivity contribution < 1.29 is 4.74 Å². The summed E-state index contributed by atoms with van der Waals surface area (Å²) in [5, 5.41) is 0. The van der Waals surface area contributed by atoms with E-state index in [1.165, 1.54) is 12.8 Å². The van der Waals surface area contributed by atoms with Crippen LogP contribution in [0.1, 0.15) is 25.3 Å². The summed E-state index contributed by atoms with van der Waals surface area (Å²) in [5.41, 5.74) is 1.15. The van der Waals surface area contributed by atoms with Crippen molar-refractivity contribution >= 4 is 0 Å². The number of hydrogen-bond acceptors (Lipinski definition) is 3. The van der Waals surface area contributed by atoms with Crippen molar-refractivity contribution in [1.29, 1.82) is 0 Å².